The molecule has 0 radical (unpaired) electrons. The molecule has 10 heteroatoms. The van der Waals surface area contributed by atoms with Crippen LogP contribution < -0.4 is 9.80 Å². The molecular weight excluding hydrogens is 635 g/mol. The quantitative estimate of drug-likeness (QED) is 0.182. The number of anilines is 3. The molecule has 1 aliphatic heterocycles. The number of likely N-dealkylation sites (tertiary alicyclic amines) is 1. The van der Waals surface area contributed by atoms with Crippen molar-refractivity contribution < 1.29 is 4.79 Å². The Morgan fingerprint density at radius 2 is 1.71 bits per heavy atom. The lowest BCUT2D eigenvalue weighted by atomic mass is 9.87. The molecule has 0 aliphatic carbocycles. The maximum atomic E-state index is 12.0. The summed E-state index contributed by atoms with van der Waals surface area (Å²) in [6.45, 7) is 11.0. The van der Waals surface area contributed by atoms with Crippen LogP contribution in [0.25, 0.3) is 21.8 Å². The third-order valence-electron chi connectivity index (χ3n) is 9.71. The Morgan fingerprint density at radius 1 is 0.941 bits per heavy atom. The highest BCUT2D eigenvalue weighted by atomic mass is 16.2. The minimum atomic E-state index is -0.0905. The Morgan fingerprint density at radius 3 is 2.45 bits per heavy atom. The smallest absolute Gasteiger partial charge is 0.236 e. The van der Waals surface area contributed by atoms with Gasteiger partial charge in [-0.3, -0.25) is 9.78 Å². The van der Waals surface area contributed by atoms with Crippen molar-refractivity contribution in [3.8, 4) is 6.07 Å². The summed E-state index contributed by atoms with van der Waals surface area (Å²) in [6.07, 6.45) is 9.84. The van der Waals surface area contributed by atoms with Gasteiger partial charge in [0.05, 0.1) is 17.5 Å². The zero-order valence-corrected chi connectivity index (χ0v) is 30.0. The Labute approximate surface area is 299 Å². The largest absolute Gasteiger partial charge is 0.354 e. The van der Waals surface area contributed by atoms with Crippen molar-refractivity contribution in [1.29, 1.82) is 5.26 Å². The minimum absolute atomic E-state index is 0.0552. The summed E-state index contributed by atoms with van der Waals surface area (Å²) in [5, 5.41) is 12.1. The average Bonchev–Trinajstić information content (AvgIpc) is 3.64. The molecule has 0 bridgehead atoms. The number of hydrogen-bond acceptors (Lipinski definition) is 8. The van der Waals surface area contributed by atoms with Gasteiger partial charge in [0.1, 0.15) is 30.0 Å². The number of rotatable bonds is 7. The molecule has 4 aromatic heterocycles. The summed E-state index contributed by atoms with van der Waals surface area (Å²) in [5.74, 6) is 2.18. The average molecular weight is 680 g/mol. The number of piperidine rings is 1. The zero-order valence-electron chi connectivity index (χ0n) is 30.0. The number of H-pyrrole nitrogens is 1. The Bertz CT molecular complexity index is 2110. The number of aromatic amines is 1. The van der Waals surface area contributed by atoms with Gasteiger partial charge in [-0.25, -0.2) is 15.0 Å². The molecule has 2 unspecified atom stereocenters. The van der Waals surface area contributed by atoms with E-state index in [1.165, 1.54) is 16.5 Å². The van der Waals surface area contributed by atoms with Crippen molar-refractivity contribution in [3.05, 3.63) is 115 Å². The van der Waals surface area contributed by atoms with E-state index in [0.717, 1.165) is 53.3 Å². The molecule has 2 aromatic carbocycles. The number of carbonyl (C=O) groups is 1. The van der Waals surface area contributed by atoms with E-state index in [-0.39, 0.29) is 23.8 Å². The SMILES string of the molecule is CC(C)(C)c1ccc(N(Cc2ccncc2)c2nccc3ccccc23)cc1.CC1CCN(C(=O)CC#N)CC1N(C)c1ncnc2[nH]ccc12. The fourth-order valence-electron chi connectivity index (χ4n) is 6.68. The number of nitrogens with one attached hydrogen (secondary N) is 1. The van der Waals surface area contributed by atoms with Gasteiger partial charge in [0.25, 0.3) is 0 Å². The van der Waals surface area contributed by atoms with Crippen molar-refractivity contribution in [2.45, 2.75) is 58.5 Å². The van der Waals surface area contributed by atoms with E-state index in [9.17, 15) is 4.79 Å². The van der Waals surface area contributed by atoms with Crippen LogP contribution in [0, 0.1) is 17.2 Å². The van der Waals surface area contributed by atoms with E-state index in [1.54, 1.807) is 11.2 Å². The summed E-state index contributed by atoms with van der Waals surface area (Å²) >= 11 is 0. The standard InChI is InChI=1S/C25H25N3.C16H20N6O/c1-25(2,3)21-8-10-22(11-9-21)28(18-19-12-15-26-16-13-19)24-23-7-5-4-6-20(23)14-17-27-24;1-11-5-8-22(14(23)3-6-17)9-13(11)21(2)16-12-4-7-18-15(12)19-10-20-16/h4-17H,18H2,1-3H3;4,7,10-11,13H,3,5,8-9H2,1-2H3,(H,18,19,20). The summed E-state index contributed by atoms with van der Waals surface area (Å²) < 4.78 is 0. The van der Waals surface area contributed by atoms with E-state index < -0.39 is 0 Å². The molecule has 51 heavy (non-hydrogen) atoms. The van der Waals surface area contributed by atoms with E-state index >= 15 is 0 Å². The Balaban J connectivity index is 0.000000179. The number of amides is 1. The molecule has 10 nitrogen and oxygen atoms in total. The van der Waals surface area contributed by atoms with Gasteiger partial charge in [0.15, 0.2) is 0 Å². The first-order valence-electron chi connectivity index (χ1n) is 17.4. The fraction of sp³-hybridized carbons (Fsp3) is 0.317. The molecule has 1 aliphatic rings. The number of hydrogen-bond donors (Lipinski definition) is 1. The van der Waals surface area contributed by atoms with Gasteiger partial charge in [-0.2, -0.15) is 5.26 Å². The number of nitriles is 1. The molecule has 1 amide bonds. The lowest BCUT2D eigenvalue weighted by molar-refractivity contribution is -0.131. The Hall–Kier alpha value is -5.82. The third kappa shape index (κ3) is 7.99. The molecule has 1 fully saturated rings. The lowest BCUT2D eigenvalue weighted by Gasteiger charge is -2.42. The molecule has 0 spiro atoms. The summed E-state index contributed by atoms with van der Waals surface area (Å²) in [6, 6.07) is 27.5. The maximum Gasteiger partial charge on any atom is 0.236 e. The van der Waals surface area contributed by atoms with Crippen molar-refractivity contribution in [2.24, 2.45) is 5.92 Å². The number of benzene rings is 2. The number of nitrogens with zero attached hydrogens (tertiary/aromatic N) is 8. The van der Waals surface area contributed by atoms with Crippen LogP contribution in [0.3, 0.4) is 0 Å². The maximum absolute atomic E-state index is 12.0. The predicted octanol–water partition coefficient (Wildman–Crippen LogP) is 7.81. The van der Waals surface area contributed by atoms with Gasteiger partial charge in [-0.1, -0.05) is 64.1 Å². The van der Waals surface area contributed by atoms with Crippen molar-refractivity contribution >= 4 is 45.0 Å². The van der Waals surface area contributed by atoms with Crippen LogP contribution in [-0.2, 0) is 16.8 Å². The van der Waals surface area contributed by atoms with Gasteiger partial charge in [0, 0.05) is 62.5 Å². The second kappa shape index (κ2) is 15.4. The summed E-state index contributed by atoms with van der Waals surface area (Å²) in [4.78, 5) is 38.9. The predicted molar refractivity (Wildman–Crippen MR) is 204 cm³/mol. The summed E-state index contributed by atoms with van der Waals surface area (Å²) in [7, 11) is 2.01. The monoisotopic (exact) mass is 679 g/mol. The van der Waals surface area contributed by atoms with E-state index in [1.807, 2.05) is 44.0 Å². The van der Waals surface area contributed by atoms with E-state index in [2.05, 4.69) is 124 Å². The molecule has 1 saturated heterocycles. The highest BCUT2D eigenvalue weighted by Gasteiger charge is 2.32. The topological polar surface area (TPSA) is 118 Å². The Kier molecular flexibility index (Phi) is 10.6. The lowest BCUT2D eigenvalue weighted by Crippen LogP contribution is -2.52. The minimum Gasteiger partial charge on any atom is -0.354 e. The second-order valence-corrected chi connectivity index (χ2v) is 14.2. The molecule has 7 rings (SSSR count). The molecule has 0 saturated carbocycles. The van der Waals surface area contributed by atoms with Crippen LogP contribution in [0.4, 0.5) is 17.3 Å². The first-order valence-corrected chi connectivity index (χ1v) is 17.4. The first-order chi connectivity index (χ1) is 24.6. The van der Waals surface area contributed by atoms with E-state index in [0.29, 0.717) is 12.5 Å². The van der Waals surface area contributed by atoms with E-state index in [4.69, 9.17) is 10.2 Å². The van der Waals surface area contributed by atoms with Crippen molar-refractivity contribution in [2.75, 3.05) is 29.9 Å². The highest BCUT2D eigenvalue weighted by molar-refractivity contribution is 5.94. The van der Waals surface area contributed by atoms with Crippen LogP contribution in [0.15, 0.2) is 104 Å². The number of fused-ring (bicyclic) bond motifs is 2. The number of carbonyl (C=O) groups excluding carboxylic acids is 1. The van der Waals surface area contributed by atoms with Gasteiger partial charge >= 0.3 is 0 Å². The number of aromatic nitrogens is 5. The van der Waals surface area contributed by atoms with Gasteiger partial charge in [0.2, 0.25) is 5.91 Å². The van der Waals surface area contributed by atoms with Crippen LogP contribution >= 0.6 is 0 Å². The molecule has 1 N–H and O–H groups in total. The van der Waals surface area contributed by atoms with Crippen molar-refractivity contribution in [3.63, 3.8) is 0 Å². The number of likely N-dealkylation sites (N-methyl/N-ethyl adjacent to an activating group) is 1. The number of pyridine rings is 2. The third-order valence-corrected chi connectivity index (χ3v) is 9.71. The molecule has 260 valence electrons. The molecule has 2 atom stereocenters. The molecule has 5 heterocycles. The summed E-state index contributed by atoms with van der Waals surface area (Å²) in [5.41, 5.74) is 4.60. The van der Waals surface area contributed by atoms with Gasteiger partial charge in [-0.15, -0.1) is 0 Å². The first kappa shape index (κ1) is 35.0. The van der Waals surface area contributed by atoms with Crippen LogP contribution in [0.1, 0.15) is 51.7 Å². The zero-order chi connectivity index (χ0) is 36.0. The highest BCUT2D eigenvalue weighted by Crippen LogP contribution is 2.34. The fourth-order valence-corrected chi connectivity index (χ4v) is 6.68. The second-order valence-electron chi connectivity index (χ2n) is 14.2. The van der Waals surface area contributed by atoms with Gasteiger partial charge < -0.3 is 19.7 Å². The van der Waals surface area contributed by atoms with Crippen LogP contribution in [0.2, 0.25) is 0 Å². The van der Waals surface area contributed by atoms with Crippen molar-refractivity contribution in [1.82, 2.24) is 29.8 Å². The molecule has 6 aromatic rings. The van der Waals surface area contributed by atoms with Gasteiger partial charge in [-0.05, 0) is 70.7 Å². The molecular formula is C41H45N9O. The van der Waals surface area contributed by atoms with Crippen LogP contribution in [0.5, 0.6) is 0 Å². The van der Waals surface area contributed by atoms with Crippen LogP contribution in [-0.4, -0.2) is 61.9 Å². The normalized spacial score (nSPS) is 15.9.